The Labute approximate surface area is 119 Å². The molecule has 1 unspecified atom stereocenters. The summed E-state index contributed by atoms with van der Waals surface area (Å²) in [4.78, 5) is 12.2. The van der Waals surface area contributed by atoms with Gasteiger partial charge in [-0.15, -0.1) is 0 Å². The van der Waals surface area contributed by atoms with Gasteiger partial charge in [-0.25, -0.2) is 0 Å². The molecule has 0 aliphatic carbocycles. The smallest absolute Gasteiger partial charge is 0.227 e. The second-order valence-electron chi connectivity index (χ2n) is 4.69. The van der Waals surface area contributed by atoms with E-state index in [1.54, 1.807) is 12.1 Å². The molecule has 1 amide bonds. The number of hydrogen-bond acceptors (Lipinski definition) is 1. The molecule has 2 nitrogen and oxygen atoms in total. The zero-order valence-corrected chi connectivity index (χ0v) is 12.5. The van der Waals surface area contributed by atoms with Crippen LogP contribution in [-0.4, -0.2) is 12.5 Å². The van der Waals surface area contributed by atoms with Gasteiger partial charge in [-0.05, 0) is 30.0 Å². The summed E-state index contributed by atoms with van der Waals surface area (Å²) in [7, 11) is 0. The summed E-state index contributed by atoms with van der Waals surface area (Å²) in [5.41, 5.74) is 0.910. The van der Waals surface area contributed by atoms with Gasteiger partial charge in [0.1, 0.15) is 0 Å². The molecule has 1 aromatic rings. The van der Waals surface area contributed by atoms with E-state index in [9.17, 15) is 4.79 Å². The standard InChI is InChI=1S/C14H19Cl2NO/c1-4-7-17-14(18)13(9(2)3)10-5-6-11(15)12(16)8-10/h5-6,8-9,13H,4,7H2,1-3H3,(H,17,18). The highest BCUT2D eigenvalue weighted by molar-refractivity contribution is 6.42. The first-order chi connectivity index (χ1) is 8.47. The first-order valence-corrected chi connectivity index (χ1v) is 6.95. The quantitative estimate of drug-likeness (QED) is 0.861. The molecule has 0 spiro atoms. The SMILES string of the molecule is CCCNC(=O)C(c1ccc(Cl)c(Cl)c1)C(C)C. The van der Waals surface area contributed by atoms with Gasteiger partial charge in [-0.2, -0.15) is 0 Å². The van der Waals surface area contributed by atoms with E-state index in [2.05, 4.69) is 5.32 Å². The molecule has 0 bridgehead atoms. The minimum atomic E-state index is -0.189. The van der Waals surface area contributed by atoms with Crippen molar-refractivity contribution in [3.8, 4) is 0 Å². The van der Waals surface area contributed by atoms with Gasteiger partial charge >= 0.3 is 0 Å². The van der Waals surface area contributed by atoms with Gasteiger partial charge in [0.2, 0.25) is 5.91 Å². The molecule has 0 aliphatic rings. The molecule has 1 aromatic carbocycles. The topological polar surface area (TPSA) is 29.1 Å². The number of hydrogen-bond donors (Lipinski definition) is 1. The van der Waals surface area contributed by atoms with Crippen molar-refractivity contribution in [1.29, 1.82) is 0 Å². The van der Waals surface area contributed by atoms with Crippen molar-refractivity contribution in [2.75, 3.05) is 6.54 Å². The van der Waals surface area contributed by atoms with Crippen molar-refractivity contribution in [3.05, 3.63) is 33.8 Å². The highest BCUT2D eigenvalue weighted by atomic mass is 35.5. The third kappa shape index (κ3) is 3.89. The fourth-order valence-electron chi connectivity index (χ4n) is 1.90. The van der Waals surface area contributed by atoms with Crippen LogP contribution in [0.1, 0.15) is 38.7 Å². The second-order valence-corrected chi connectivity index (χ2v) is 5.50. The van der Waals surface area contributed by atoms with Crippen LogP contribution in [0, 0.1) is 5.92 Å². The number of amides is 1. The highest BCUT2D eigenvalue weighted by Gasteiger charge is 2.24. The van der Waals surface area contributed by atoms with Crippen LogP contribution in [0.5, 0.6) is 0 Å². The first kappa shape index (κ1) is 15.3. The Kier molecular flexibility index (Phi) is 5.97. The number of carbonyl (C=O) groups is 1. The third-order valence-corrected chi connectivity index (χ3v) is 3.54. The number of benzene rings is 1. The Hall–Kier alpha value is -0.730. The van der Waals surface area contributed by atoms with Crippen molar-refractivity contribution in [1.82, 2.24) is 5.32 Å². The van der Waals surface area contributed by atoms with E-state index in [-0.39, 0.29) is 17.7 Å². The predicted molar refractivity (Wildman–Crippen MR) is 77.3 cm³/mol. The van der Waals surface area contributed by atoms with Crippen LogP contribution < -0.4 is 5.32 Å². The van der Waals surface area contributed by atoms with Crippen molar-refractivity contribution in [2.24, 2.45) is 5.92 Å². The van der Waals surface area contributed by atoms with Crippen LogP contribution in [0.2, 0.25) is 10.0 Å². The molecule has 0 fully saturated rings. The Morgan fingerprint density at radius 3 is 2.44 bits per heavy atom. The zero-order chi connectivity index (χ0) is 13.7. The number of carbonyl (C=O) groups excluding carboxylic acids is 1. The van der Waals surface area contributed by atoms with Crippen LogP contribution in [0.4, 0.5) is 0 Å². The average molecular weight is 288 g/mol. The molecule has 0 aromatic heterocycles. The third-order valence-electron chi connectivity index (χ3n) is 2.80. The van der Waals surface area contributed by atoms with Crippen LogP contribution in [0.15, 0.2) is 18.2 Å². The minimum absolute atomic E-state index is 0.0465. The fourth-order valence-corrected chi connectivity index (χ4v) is 2.21. The van der Waals surface area contributed by atoms with E-state index in [4.69, 9.17) is 23.2 Å². The van der Waals surface area contributed by atoms with Gasteiger partial charge in [0.05, 0.1) is 16.0 Å². The summed E-state index contributed by atoms with van der Waals surface area (Å²) in [5.74, 6) is 0.0654. The van der Waals surface area contributed by atoms with Crippen LogP contribution in [0.25, 0.3) is 0 Å². The molecule has 100 valence electrons. The molecule has 0 saturated carbocycles. The maximum absolute atomic E-state index is 12.2. The van der Waals surface area contributed by atoms with Crippen molar-refractivity contribution >= 4 is 29.1 Å². The Morgan fingerprint density at radius 2 is 1.94 bits per heavy atom. The zero-order valence-electron chi connectivity index (χ0n) is 11.0. The Bertz CT molecular complexity index is 418. The summed E-state index contributed by atoms with van der Waals surface area (Å²) in [6, 6.07) is 5.38. The first-order valence-electron chi connectivity index (χ1n) is 6.20. The van der Waals surface area contributed by atoms with Gasteiger partial charge in [0.15, 0.2) is 0 Å². The predicted octanol–water partition coefficient (Wildman–Crippen LogP) is 4.26. The summed E-state index contributed by atoms with van der Waals surface area (Å²) in [6.45, 7) is 6.78. The maximum atomic E-state index is 12.2. The average Bonchev–Trinajstić information content (AvgIpc) is 2.31. The molecule has 0 radical (unpaired) electrons. The van der Waals surface area contributed by atoms with E-state index in [1.165, 1.54) is 0 Å². The summed E-state index contributed by atoms with van der Waals surface area (Å²) >= 11 is 11.9. The Morgan fingerprint density at radius 1 is 1.28 bits per heavy atom. The minimum Gasteiger partial charge on any atom is -0.356 e. The number of halogens is 2. The molecular weight excluding hydrogens is 269 g/mol. The van der Waals surface area contributed by atoms with Crippen LogP contribution in [0.3, 0.4) is 0 Å². The maximum Gasteiger partial charge on any atom is 0.227 e. The van der Waals surface area contributed by atoms with Crippen molar-refractivity contribution in [2.45, 2.75) is 33.1 Å². The van der Waals surface area contributed by atoms with Gasteiger partial charge in [0, 0.05) is 6.54 Å². The van der Waals surface area contributed by atoms with Crippen molar-refractivity contribution in [3.63, 3.8) is 0 Å². The number of rotatable bonds is 5. The summed E-state index contributed by atoms with van der Waals surface area (Å²) in [5, 5.41) is 3.93. The largest absolute Gasteiger partial charge is 0.356 e. The van der Waals surface area contributed by atoms with E-state index in [1.807, 2.05) is 26.8 Å². The summed E-state index contributed by atoms with van der Waals surface area (Å²) in [6.07, 6.45) is 0.929. The molecule has 0 saturated heterocycles. The monoisotopic (exact) mass is 287 g/mol. The molecule has 18 heavy (non-hydrogen) atoms. The Balaban J connectivity index is 2.97. The second kappa shape index (κ2) is 7.01. The number of nitrogens with one attached hydrogen (secondary N) is 1. The van der Waals surface area contributed by atoms with Crippen LogP contribution in [-0.2, 0) is 4.79 Å². The lowest BCUT2D eigenvalue weighted by molar-refractivity contribution is -0.123. The molecule has 1 atom stereocenters. The van der Waals surface area contributed by atoms with Crippen molar-refractivity contribution < 1.29 is 4.79 Å². The molecule has 0 aliphatic heterocycles. The molecule has 4 heteroatoms. The van der Waals surface area contributed by atoms with E-state index >= 15 is 0 Å². The van der Waals surface area contributed by atoms with Gasteiger partial charge in [-0.1, -0.05) is 50.0 Å². The molecule has 0 heterocycles. The molecule has 1 N–H and O–H groups in total. The summed E-state index contributed by atoms with van der Waals surface area (Å²) < 4.78 is 0. The lowest BCUT2D eigenvalue weighted by Gasteiger charge is -2.21. The van der Waals surface area contributed by atoms with Gasteiger partial charge in [-0.3, -0.25) is 4.79 Å². The normalized spacial score (nSPS) is 12.6. The van der Waals surface area contributed by atoms with E-state index in [0.29, 0.717) is 16.6 Å². The van der Waals surface area contributed by atoms with E-state index < -0.39 is 0 Å². The van der Waals surface area contributed by atoms with Gasteiger partial charge in [0.25, 0.3) is 0 Å². The fraction of sp³-hybridized carbons (Fsp3) is 0.500. The molecule has 1 rings (SSSR count). The van der Waals surface area contributed by atoms with Crippen LogP contribution >= 0.6 is 23.2 Å². The highest BCUT2D eigenvalue weighted by Crippen LogP contribution is 2.30. The van der Waals surface area contributed by atoms with E-state index in [0.717, 1.165) is 12.0 Å². The molecular formula is C14H19Cl2NO. The van der Waals surface area contributed by atoms with Gasteiger partial charge < -0.3 is 5.32 Å². The lowest BCUT2D eigenvalue weighted by atomic mass is 9.87. The lowest BCUT2D eigenvalue weighted by Crippen LogP contribution is -2.32.